The summed E-state index contributed by atoms with van der Waals surface area (Å²) in [7, 11) is 0. The molecule has 0 saturated heterocycles. The number of H-pyrrole nitrogens is 1. The van der Waals surface area contributed by atoms with Gasteiger partial charge in [0.15, 0.2) is 0 Å². The van der Waals surface area contributed by atoms with E-state index in [9.17, 15) is 14.4 Å². The Kier molecular flexibility index (Phi) is 4.96. The number of primary amides is 1. The highest BCUT2D eigenvalue weighted by molar-refractivity contribution is 6.01. The molecule has 5 N–H and O–H groups in total. The number of hydrogen-bond acceptors (Lipinski definition) is 3. The molecule has 7 heteroatoms. The van der Waals surface area contributed by atoms with Gasteiger partial charge in [-0.15, -0.1) is 0 Å². The van der Waals surface area contributed by atoms with Gasteiger partial charge in [0.25, 0.3) is 0 Å². The van der Waals surface area contributed by atoms with Crippen LogP contribution in [-0.4, -0.2) is 33.0 Å². The molecular formula is C17H14N2O5. The van der Waals surface area contributed by atoms with Crippen molar-refractivity contribution in [2.45, 2.75) is 0 Å². The highest BCUT2D eigenvalue weighted by Crippen LogP contribution is 2.13. The predicted octanol–water partition coefficient (Wildman–Crippen LogP) is 2.35. The second-order valence-corrected chi connectivity index (χ2v) is 4.80. The molecule has 0 aliphatic carbocycles. The SMILES string of the molecule is NC(=O)c1ccc2cc[nH]c2c1.O=C(O)c1ccccc1C(=O)O. The number of hydrogen-bond donors (Lipinski definition) is 4. The van der Waals surface area contributed by atoms with Gasteiger partial charge in [-0.25, -0.2) is 9.59 Å². The molecule has 0 atom stereocenters. The van der Waals surface area contributed by atoms with Crippen LogP contribution in [0.4, 0.5) is 0 Å². The van der Waals surface area contributed by atoms with E-state index in [1.807, 2.05) is 18.3 Å². The second kappa shape index (κ2) is 7.10. The molecule has 1 aromatic heterocycles. The van der Waals surface area contributed by atoms with E-state index in [1.54, 1.807) is 12.1 Å². The van der Waals surface area contributed by atoms with E-state index >= 15 is 0 Å². The van der Waals surface area contributed by atoms with Crippen molar-refractivity contribution in [2.75, 3.05) is 0 Å². The Labute approximate surface area is 136 Å². The Bertz CT molecular complexity index is 881. The van der Waals surface area contributed by atoms with Crippen LogP contribution in [-0.2, 0) is 0 Å². The molecule has 0 unspecified atom stereocenters. The maximum atomic E-state index is 10.8. The third kappa shape index (κ3) is 3.77. The van der Waals surface area contributed by atoms with E-state index in [4.69, 9.17) is 15.9 Å². The summed E-state index contributed by atoms with van der Waals surface area (Å²) in [6, 6.07) is 12.8. The number of carboxylic acid groups (broad SMARTS) is 2. The van der Waals surface area contributed by atoms with Gasteiger partial charge in [-0.1, -0.05) is 18.2 Å². The molecule has 0 aliphatic heterocycles. The van der Waals surface area contributed by atoms with Gasteiger partial charge in [0.05, 0.1) is 11.1 Å². The average Bonchev–Trinajstić information content (AvgIpc) is 3.02. The van der Waals surface area contributed by atoms with Crippen molar-refractivity contribution >= 4 is 28.7 Å². The van der Waals surface area contributed by atoms with Crippen LogP contribution in [0.25, 0.3) is 10.9 Å². The van der Waals surface area contributed by atoms with Crippen LogP contribution in [0.3, 0.4) is 0 Å². The number of rotatable bonds is 3. The number of aromatic amines is 1. The standard InChI is InChI=1S/C9H8N2O.C8H6O4/c10-9(12)7-2-1-6-3-4-11-8(6)5-7;9-7(10)5-3-1-2-4-6(5)8(11)12/h1-5,11H,(H2,10,12);1-4H,(H,9,10)(H,11,12). The Hall–Kier alpha value is -3.61. The van der Waals surface area contributed by atoms with Crippen molar-refractivity contribution in [1.29, 1.82) is 0 Å². The summed E-state index contributed by atoms with van der Waals surface area (Å²) >= 11 is 0. The highest BCUT2D eigenvalue weighted by atomic mass is 16.4. The van der Waals surface area contributed by atoms with Gasteiger partial charge in [0, 0.05) is 17.3 Å². The zero-order chi connectivity index (χ0) is 17.7. The molecule has 1 amide bonds. The molecule has 1 heterocycles. The summed E-state index contributed by atoms with van der Waals surface area (Å²) in [6.45, 7) is 0. The van der Waals surface area contributed by atoms with Crippen LogP contribution in [0.15, 0.2) is 54.7 Å². The van der Waals surface area contributed by atoms with Crippen molar-refractivity contribution in [3.63, 3.8) is 0 Å². The normalized spacial score (nSPS) is 9.83. The summed E-state index contributed by atoms with van der Waals surface area (Å²) in [5, 5.41) is 18.2. The molecule has 0 aliphatic rings. The van der Waals surface area contributed by atoms with Crippen LogP contribution in [0.1, 0.15) is 31.1 Å². The fraction of sp³-hybridized carbons (Fsp3) is 0. The Balaban J connectivity index is 0.000000174. The van der Waals surface area contributed by atoms with Gasteiger partial charge < -0.3 is 20.9 Å². The number of aromatic carboxylic acids is 2. The van der Waals surface area contributed by atoms with E-state index in [2.05, 4.69) is 4.98 Å². The largest absolute Gasteiger partial charge is 0.478 e. The van der Waals surface area contributed by atoms with Crippen LogP contribution in [0.5, 0.6) is 0 Å². The molecule has 0 radical (unpaired) electrons. The van der Waals surface area contributed by atoms with E-state index in [0.717, 1.165) is 10.9 Å². The van der Waals surface area contributed by atoms with Gasteiger partial charge in [-0.2, -0.15) is 0 Å². The first kappa shape index (κ1) is 16.8. The van der Waals surface area contributed by atoms with Crippen LogP contribution in [0.2, 0.25) is 0 Å². The smallest absolute Gasteiger partial charge is 0.336 e. The average molecular weight is 326 g/mol. The molecular weight excluding hydrogens is 312 g/mol. The van der Waals surface area contributed by atoms with Crippen molar-refractivity contribution < 1.29 is 24.6 Å². The number of aromatic nitrogens is 1. The number of nitrogens with one attached hydrogen (secondary N) is 1. The van der Waals surface area contributed by atoms with E-state index in [0.29, 0.717) is 5.56 Å². The van der Waals surface area contributed by atoms with E-state index < -0.39 is 17.8 Å². The molecule has 7 nitrogen and oxygen atoms in total. The molecule has 2 aromatic carbocycles. The molecule has 0 saturated carbocycles. The van der Waals surface area contributed by atoms with Gasteiger partial charge in [0.2, 0.25) is 5.91 Å². The Morgan fingerprint density at radius 3 is 1.96 bits per heavy atom. The number of benzene rings is 2. The van der Waals surface area contributed by atoms with E-state index in [1.165, 1.54) is 24.3 Å². The molecule has 3 rings (SSSR count). The second-order valence-electron chi connectivity index (χ2n) is 4.80. The van der Waals surface area contributed by atoms with Crippen molar-refractivity contribution in [2.24, 2.45) is 5.73 Å². The summed E-state index contributed by atoms with van der Waals surface area (Å²) in [5.41, 5.74) is 6.21. The van der Waals surface area contributed by atoms with E-state index in [-0.39, 0.29) is 11.1 Å². The third-order valence-electron chi connectivity index (χ3n) is 3.23. The Morgan fingerprint density at radius 2 is 1.46 bits per heavy atom. The van der Waals surface area contributed by atoms with Gasteiger partial charge in [0.1, 0.15) is 0 Å². The molecule has 122 valence electrons. The molecule has 0 spiro atoms. The van der Waals surface area contributed by atoms with Gasteiger partial charge >= 0.3 is 11.9 Å². The van der Waals surface area contributed by atoms with Gasteiger partial charge in [-0.3, -0.25) is 4.79 Å². The zero-order valence-electron chi connectivity index (χ0n) is 12.4. The first-order chi connectivity index (χ1) is 11.4. The summed E-state index contributed by atoms with van der Waals surface area (Å²) in [4.78, 5) is 34.7. The lowest BCUT2D eigenvalue weighted by molar-refractivity contribution is 0.0651. The van der Waals surface area contributed by atoms with Crippen LogP contribution >= 0.6 is 0 Å². The first-order valence-electron chi connectivity index (χ1n) is 6.82. The number of nitrogens with two attached hydrogens (primary N) is 1. The zero-order valence-corrected chi connectivity index (χ0v) is 12.4. The molecule has 3 aromatic rings. The molecule has 24 heavy (non-hydrogen) atoms. The van der Waals surface area contributed by atoms with Crippen LogP contribution in [0, 0.1) is 0 Å². The minimum Gasteiger partial charge on any atom is -0.478 e. The topological polar surface area (TPSA) is 133 Å². The maximum absolute atomic E-state index is 10.8. The maximum Gasteiger partial charge on any atom is 0.336 e. The number of fused-ring (bicyclic) bond motifs is 1. The predicted molar refractivity (Wildman–Crippen MR) is 87.2 cm³/mol. The minimum absolute atomic E-state index is 0.190. The monoisotopic (exact) mass is 326 g/mol. The number of amides is 1. The summed E-state index contributed by atoms with van der Waals surface area (Å²) in [5.74, 6) is -2.85. The molecule has 0 bridgehead atoms. The fourth-order valence-electron chi connectivity index (χ4n) is 2.06. The summed E-state index contributed by atoms with van der Waals surface area (Å²) < 4.78 is 0. The molecule has 0 fully saturated rings. The third-order valence-corrected chi connectivity index (χ3v) is 3.23. The van der Waals surface area contributed by atoms with Crippen LogP contribution < -0.4 is 5.73 Å². The Morgan fingerprint density at radius 1 is 0.875 bits per heavy atom. The first-order valence-corrected chi connectivity index (χ1v) is 6.82. The van der Waals surface area contributed by atoms with Crippen molar-refractivity contribution in [3.8, 4) is 0 Å². The number of carboxylic acids is 2. The quantitative estimate of drug-likeness (QED) is 0.586. The number of carbonyl (C=O) groups excluding carboxylic acids is 1. The highest BCUT2D eigenvalue weighted by Gasteiger charge is 2.13. The lowest BCUT2D eigenvalue weighted by Crippen LogP contribution is -2.10. The summed E-state index contributed by atoms with van der Waals surface area (Å²) in [6.07, 6.45) is 1.83. The lowest BCUT2D eigenvalue weighted by atomic mass is 10.1. The van der Waals surface area contributed by atoms with Crippen molar-refractivity contribution in [1.82, 2.24) is 4.98 Å². The lowest BCUT2D eigenvalue weighted by Gasteiger charge is -1.98. The minimum atomic E-state index is -1.23. The van der Waals surface area contributed by atoms with Crippen molar-refractivity contribution in [3.05, 3.63) is 71.4 Å². The number of carbonyl (C=O) groups is 3. The van der Waals surface area contributed by atoms with Gasteiger partial charge in [-0.05, 0) is 35.7 Å². The fourth-order valence-corrected chi connectivity index (χ4v) is 2.06.